The van der Waals surface area contributed by atoms with Crippen molar-refractivity contribution in [3.63, 3.8) is 0 Å². The number of carbonyl (C=O) groups is 1. The molecule has 26 heavy (non-hydrogen) atoms. The lowest BCUT2D eigenvalue weighted by Gasteiger charge is -2.25. The maximum Gasteiger partial charge on any atom is 0.243 e. The molecule has 1 aromatic heterocycles. The van der Waals surface area contributed by atoms with E-state index in [1.54, 1.807) is 18.2 Å². The Kier molecular flexibility index (Phi) is 4.96. The fourth-order valence-corrected chi connectivity index (χ4v) is 5.87. The molecule has 0 bridgehead atoms. The Hall–Kier alpha value is -1.55. The number of sulfonamides is 1. The molecule has 1 N–H and O–H groups in total. The molecular weight excluding hydrogens is 374 g/mol. The Morgan fingerprint density at radius 3 is 2.69 bits per heavy atom. The van der Waals surface area contributed by atoms with E-state index in [9.17, 15) is 13.2 Å². The first-order valence-corrected chi connectivity index (χ1v) is 11.1. The summed E-state index contributed by atoms with van der Waals surface area (Å²) in [6.07, 6.45) is 4.05. The monoisotopic (exact) mass is 395 g/mol. The van der Waals surface area contributed by atoms with Crippen LogP contribution in [0, 0.1) is 5.92 Å². The quantitative estimate of drug-likeness (QED) is 0.859. The second kappa shape index (κ2) is 7.22. The number of nitrogens with zero attached hydrogens (tertiary/aromatic N) is 2. The molecule has 9 heteroatoms. The van der Waals surface area contributed by atoms with Crippen molar-refractivity contribution >= 4 is 42.6 Å². The van der Waals surface area contributed by atoms with Gasteiger partial charge >= 0.3 is 0 Å². The largest absolute Gasteiger partial charge is 0.379 e. The predicted molar refractivity (Wildman–Crippen MR) is 99.8 cm³/mol. The lowest BCUT2D eigenvalue weighted by Crippen LogP contribution is -2.40. The SMILES string of the molecule is O=C(Nc1nc2ccc(S(=O)(=O)N3CCOCC3)cc2s1)C1CCCC1. The number of morpholine rings is 1. The summed E-state index contributed by atoms with van der Waals surface area (Å²) in [6, 6.07) is 4.92. The van der Waals surface area contributed by atoms with Crippen LogP contribution < -0.4 is 5.32 Å². The van der Waals surface area contributed by atoms with Crippen LogP contribution in [0.5, 0.6) is 0 Å². The number of benzene rings is 1. The van der Waals surface area contributed by atoms with E-state index in [0.29, 0.717) is 37.0 Å². The molecule has 140 valence electrons. The van der Waals surface area contributed by atoms with E-state index in [4.69, 9.17) is 4.74 Å². The minimum atomic E-state index is -3.54. The molecule has 0 radical (unpaired) electrons. The number of aromatic nitrogens is 1. The van der Waals surface area contributed by atoms with Crippen molar-refractivity contribution in [2.75, 3.05) is 31.6 Å². The Morgan fingerprint density at radius 1 is 1.23 bits per heavy atom. The normalized spacial score (nSPS) is 19.8. The molecule has 1 amide bonds. The van der Waals surface area contributed by atoms with Crippen LogP contribution in [0.25, 0.3) is 10.2 Å². The molecule has 2 fully saturated rings. The second-order valence-electron chi connectivity index (χ2n) is 6.64. The molecule has 7 nitrogen and oxygen atoms in total. The van der Waals surface area contributed by atoms with Crippen molar-refractivity contribution in [1.29, 1.82) is 0 Å². The van der Waals surface area contributed by atoms with Crippen molar-refractivity contribution in [2.45, 2.75) is 30.6 Å². The Balaban J connectivity index is 1.56. The summed E-state index contributed by atoms with van der Waals surface area (Å²) in [7, 11) is -3.54. The first kappa shape index (κ1) is 17.8. The van der Waals surface area contributed by atoms with E-state index < -0.39 is 10.0 Å². The highest BCUT2D eigenvalue weighted by atomic mass is 32.2. The minimum Gasteiger partial charge on any atom is -0.379 e. The van der Waals surface area contributed by atoms with Gasteiger partial charge in [-0.3, -0.25) is 4.79 Å². The van der Waals surface area contributed by atoms with Crippen molar-refractivity contribution in [3.8, 4) is 0 Å². The van der Waals surface area contributed by atoms with E-state index in [-0.39, 0.29) is 16.7 Å². The van der Waals surface area contributed by atoms with Gasteiger partial charge < -0.3 is 10.1 Å². The van der Waals surface area contributed by atoms with Gasteiger partial charge in [0.05, 0.1) is 28.3 Å². The van der Waals surface area contributed by atoms with E-state index in [2.05, 4.69) is 10.3 Å². The van der Waals surface area contributed by atoms with Crippen LogP contribution in [0.2, 0.25) is 0 Å². The van der Waals surface area contributed by atoms with E-state index in [1.807, 2.05) is 0 Å². The van der Waals surface area contributed by atoms with Crippen molar-refractivity contribution in [1.82, 2.24) is 9.29 Å². The molecule has 0 unspecified atom stereocenters. The minimum absolute atomic E-state index is 0.0164. The number of hydrogen-bond acceptors (Lipinski definition) is 6. The van der Waals surface area contributed by atoms with E-state index >= 15 is 0 Å². The topological polar surface area (TPSA) is 88.6 Å². The number of thiazole rings is 1. The highest BCUT2D eigenvalue weighted by molar-refractivity contribution is 7.89. The van der Waals surface area contributed by atoms with Gasteiger partial charge in [0.25, 0.3) is 0 Å². The number of amides is 1. The maximum absolute atomic E-state index is 12.8. The van der Waals surface area contributed by atoms with Gasteiger partial charge in [-0.15, -0.1) is 0 Å². The molecule has 4 rings (SSSR count). The fraction of sp³-hybridized carbons (Fsp3) is 0.529. The molecule has 1 aromatic carbocycles. The predicted octanol–water partition coefficient (Wildman–Crippen LogP) is 2.45. The van der Waals surface area contributed by atoms with Crippen LogP contribution >= 0.6 is 11.3 Å². The number of carbonyl (C=O) groups excluding carboxylic acids is 1. The molecule has 2 aromatic rings. The lowest BCUT2D eigenvalue weighted by atomic mass is 10.1. The summed E-state index contributed by atoms with van der Waals surface area (Å²) in [4.78, 5) is 16.9. The van der Waals surface area contributed by atoms with Gasteiger partial charge in [-0.05, 0) is 31.0 Å². The highest BCUT2D eigenvalue weighted by Crippen LogP contribution is 2.31. The van der Waals surface area contributed by atoms with E-state index in [0.717, 1.165) is 30.4 Å². The van der Waals surface area contributed by atoms with Gasteiger partial charge in [-0.2, -0.15) is 4.31 Å². The van der Waals surface area contributed by atoms with Crippen LogP contribution in [0.15, 0.2) is 23.1 Å². The van der Waals surface area contributed by atoms with Crippen molar-refractivity contribution in [3.05, 3.63) is 18.2 Å². The number of hydrogen-bond donors (Lipinski definition) is 1. The lowest BCUT2D eigenvalue weighted by molar-refractivity contribution is -0.119. The average molecular weight is 396 g/mol. The number of nitrogens with one attached hydrogen (secondary N) is 1. The number of anilines is 1. The summed E-state index contributed by atoms with van der Waals surface area (Å²) < 4.78 is 33.0. The average Bonchev–Trinajstić information content (AvgIpc) is 3.31. The van der Waals surface area contributed by atoms with Gasteiger partial charge in [0.1, 0.15) is 0 Å². The molecular formula is C17H21N3O4S2. The molecule has 2 aliphatic rings. The number of rotatable bonds is 4. The first-order valence-electron chi connectivity index (χ1n) is 8.83. The zero-order chi connectivity index (χ0) is 18.1. The third kappa shape index (κ3) is 3.48. The summed E-state index contributed by atoms with van der Waals surface area (Å²) in [6.45, 7) is 1.57. The molecule has 2 heterocycles. The zero-order valence-corrected chi connectivity index (χ0v) is 15.9. The third-order valence-electron chi connectivity index (χ3n) is 4.92. The third-order valence-corrected chi connectivity index (χ3v) is 7.75. The first-order chi connectivity index (χ1) is 12.5. The Labute approximate surface area is 156 Å². The van der Waals surface area contributed by atoms with Gasteiger partial charge in [-0.1, -0.05) is 24.2 Å². The molecule has 1 aliphatic carbocycles. The van der Waals surface area contributed by atoms with Gasteiger partial charge in [0.15, 0.2) is 5.13 Å². The Bertz CT molecular complexity index is 913. The summed E-state index contributed by atoms with van der Waals surface area (Å²) in [5.74, 6) is 0.0852. The van der Waals surface area contributed by atoms with Crippen LogP contribution in [0.1, 0.15) is 25.7 Å². The van der Waals surface area contributed by atoms with Gasteiger partial charge in [0.2, 0.25) is 15.9 Å². The van der Waals surface area contributed by atoms with Crippen LogP contribution in [-0.2, 0) is 19.6 Å². The summed E-state index contributed by atoms with van der Waals surface area (Å²) in [5.41, 5.74) is 0.692. The number of ether oxygens (including phenoxy) is 1. The molecule has 1 saturated heterocycles. The summed E-state index contributed by atoms with van der Waals surface area (Å²) >= 11 is 1.31. The maximum atomic E-state index is 12.8. The molecule has 0 spiro atoms. The second-order valence-corrected chi connectivity index (χ2v) is 9.60. The van der Waals surface area contributed by atoms with Crippen LogP contribution in [0.3, 0.4) is 0 Å². The van der Waals surface area contributed by atoms with Crippen molar-refractivity contribution in [2.24, 2.45) is 5.92 Å². The highest BCUT2D eigenvalue weighted by Gasteiger charge is 2.27. The molecule has 1 aliphatic heterocycles. The van der Waals surface area contributed by atoms with Gasteiger partial charge in [-0.25, -0.2) is 13.4 Å². The van der Waals surface area contributed by atoms with Crippen LogP contribution in [0.4, 0.5) is 5.13 Å². The summed E-state index contributed by atoms with van der Waals surface area (Å²) in [5, 5.41) is 3.41. The standard InChI is InChI=1S/C17H21N3O4S2/c21-16(12-3-1-2-4-12)19-17-18-14-6-5-13(11-15(14)25-17)26(22,23)20-7-9-24-10-8-20/h5-6,11-12H,1-4,7-10H2,(H,18,19,21). The van der Waals surface area contributed by atoms with Gasteiger partial charge in [0, 0.05) is 19.0 Å². The smallest absolute Gasteiger partial charge is 0.243 e. The van der Waals surface area contributed by atoms with Crippen molar-refractivity contribution < 1.29 is 17.9 Å². The molecule has 0 atom stereocenters. The fourth-order valence-electron chi connectivity index (χ4n) is 3.45. The Morgan fingerprint density at radius 2 is 1.96 bits per heavy atom. The molecule has 1 saturated carbocycles. The van der Waals surface area contributed by atoms with Crippen LogP contribution in [-0.4, -0.2) is 49.9 Å². The van der Waals surface area contributed by atoms with E-state index in [1.165, 1.54) is 15.6 Å². The zero-order valence-electron chi connectivity index (χ0n) is 14.3. The number of fused-ring (bicyclic) bond motifs is 1.